The van der Waals surface area contributed by atoms with Gasteiger partial charge in [0.1, 0.15) is 5.82 Å². The van der Waals surface area contributed by atoms with Gasteiger partial charge in [-0.1, -0.05) is 13.8 Å². The normalized spacial score (nSPS) is 9.67. The zero-order valence-corrected chi connectivity index (χ0v) is 9.48. The Morgan fingerprint density at radius 2 is 2.07 bits per heavy atom. The number of hydrogen-bond donors (Lipinski definition) is 2. The number of halogens is 1. The third-order valence-corrected chi connectivity index (χ3v) is 2.16. The third-order valence-electron chi connectivity index (χ3n) is 2.16. The fraction of sp³-hybridized carbons (Fsp3) is 0.364. The van der Waals surface area contributed by atoms with Crippen LogP contribution in [0.2, 0.25) is 0 Å². The molecule has 0 saturated carbocycles. The monoisotopic (exact) mass is 209 g/mol. The summed E-state index contributed by atoms with van der Waals surface area (Å²) in [6.07, 6.45) is 1.57. The van der Waals surface area contributed by atoms with Gasteiger partial charge < -0.3 is 10.3 Å². The summed E-state index contributed by atoms with van der Waals surface area (Å²) < 4.78 is 13.3. The van der Waals surface area contributed by atoms with Crippen LogP contribution in [0.5, 0.6) is 0 Å². The average molecular weight is 209 g/mol. The molecular formula is C11H16FN3. The van der Waals surface area contributed by atoms with E-state index in [1.54, 1.807) is 13.4 Å². The highest BCUT2D eigenvalue weighted by Gasteiger charge is 2.09. The Kier molecular flexibility index (Phi) is 3.66. The Labute approximate surface area is 88.7 Å². The third kappa shape index (κ3) is 1.93. The first-order valence-corrected chi connectivity index (χ1v) is 5.04. The molecule has 0 spiro atoms. The van der Waals surface area contributed by atoms with Crippen molar-refractivity contribution in [3.63, 3.8) is 0 Å². The zero-order valence-electron chi connectivity index (χ0n) is 9.48. The molecule has 2 N–H and O–H groups in total. The van der Waals surface area contributed by atoms with Crippen molar-refractivity contribution in [3.05, 3.63) is 23.8 Å². The molecule has 82 valence electrons. The molecule has 0 saturated heterocycles. The average Bonchev–Trinajstić information content (AvgIpc) is 2.69. The van der Waals surface area contributed by atoms with Crippen molar-refractivity contribution >= 4 is 16.7 Å². The lowest BCUT2D eigenvalue weighted by Gasteiger charge is -2.06. The number of nitrogens with zero attached hydrogens (tertiary/aromatic N) is 1. The van der Waals surface area contributed by atoms with Crippen molar-refractivity contribution in [1.29, 1.82) is 0 Å². The maximum atomic E-state index is 13.3. The van der Waals surface area contributed by atoms with Crippen LogP contribution in [0, 0.1) is 12.7 Å². The number of H-pyrrole nitrogens is 1. The molecule has 0 unspecified atom stereocenters. The number of hydrogen-bond acceptors (Lipinski definition) is 2. The Bertz CT molecular complexity index is 448. The van der Waals surface area contributed by atoms with Crippen LogP contribution in [0.3, 0.4) is 0 Å². The van der Waals surface area contributed by atoms with E-state index in [0.717, 1.165) is 16.6 Å². The van der Waals surface area contributed by atoms with E-state index in [4.69, 9.17) is 0 Å². The molecule has 0 aliphatic carbocycles. The second kappa shape index (κ2) is 4.77. The van der Waals surface area contributed by atoms with Gasteiger partial charge in [-0.05, 0) is 6.92 Å². The van der Waals surface area contributed by atoms with Crippen LogP contribution >= 0.6 is 0 Å². The highest BCUT2D eigenvalue weighted by Crippen LogP contribution is 2.25. The maximum Gasteiger partial charge on any atom is 0.148 e. The summed E-state index contributed by atoms with van der Waals surface area (Å²) in [4.78, 5) is 6.98. The van der Waals surface area contributed by atoms with Crippen molar-refractivity contribution in [2.24, 2.45) is 0 Å². The zero-order chi connectivity index (χ0) is 11.4. The first-order chi connectivity index (χ1) is 7.24. The fourth-order valence-corrected chi connectivity index (χ4v) is 1.52. The summed E-state index contributed by atoms with van der Waals surface area (Å²) in [5.74, 6) is -0.253. The Hall–Kier alpha value is -1.58. The Morgan fingerprint density at radius 3 is 2.67 bits per heavy atom. The first-order valence-electron chi connectivity index (χ1n) is 5.04. The quantitative estimate of drug-likeness (QED) is 0.757. The largest absolute Gasteiger partial charge is 0.385 e. The topological polar surface area (TPSA) is 40.7 Å². The van der Waals surface area contributed by atoms with Crippen LogP contribution in [0.1, 0.15) is 19.4 Å². The molecule has 0 aliphatic heterocycles. The molecule has 0 atom stereocenters. The molecule has 1 aromatic heterocycles. The number of aromatic nitrogens is 2. The van der Waals surface area contributed by atoms with Gasteiger partial charge in [0.25, 0.3) is 0 Å². The van der Waals surface area contributed by atoms with Crippen molar-refractivity contribution in [2.45, 2.75) is 20.8 Å². The van der Waals surface area contributed by atoms with Gasteiger partial charge in [-0.2, -0.15) is 0 Å². The lowest BCUT2D eigenvalue weighted by molar-refractivity contribution is 0.632. The molecule has 0 fully saturated rings. The summed E-state index contributed by atoms with van der Waals surface area (Å²) in [6, 6.07) is 1.45. The molecule has 0 amide bonds. The van der Waals surface area contributed by atoms with Crippen LogP contribution in [-0.2, 0) is 0 Å². The number of fused-ring (bicyclic) bond motifs is 1. The van der Waals surface area contributed by atoms with Gasteiger partial charge in [0.15, 0.2) is 0 Å². The van der Waals surface area contributed by atoms with Crippen molar-refractivity contribution < 1.29 is 4.39 Å². The van der Waals surface area contributed by atoms with Gasteiger partial charge in [-0.15, -0.1) is 0 Å². The lowest BCUT2D eigenvalue weighted by Crippen LogP contribution is -1.96. The van der Waals surface area contributed by atoms with Gasteiger partial charge in [-0.3, -0.25) is 0 Å². The lowest BCUT2D eigenvalue weighted by atomic mass is 10.1. The van der Waals surface area contributed by atoms with Crippen molar-refractivity contribution in [3.8, 4) is 0 Å². The van der Waals surface area contributed by atoms with E-state index >= 15 is 0 Å². The molecule has 0 bridgehead atoms. The summed E-state index contributed by atoms with van der Waals surface area (Å²) in [7, 11) is 1.70. The summed E-state index contributed by atoms with van der Waals surface area (Å²) in [5.41, 5.74) is 2.89. The first kappa shape index (κ1) is 11.5. The van der Waals surface area contributed by atoms with Crippen LogP contribution in [0.4, 0.5) is 10.1 Å². The smallest absolute Gasteiger partial charge is 0.148 e. The minimum Gasteiger partial charge on any atom is -0.385 e. The van der Waals surface area contributed by atoms with E-state index in [9.17, 15) is 4.39 Å². The predicted molar refractivity (Wildman–Crippen MR) is 61.7 cm³/mol. The highest BCUT2D eigenvalue weighted by molar-refractivity contribution is 5.84. The van der Waals surface area contributed by atoms with Gasteiger partial charge in [0.05, 0.1) is 23.0 Å². The Balaban J connectivity index is 0.000000531. The van der Waals surface area contributed by atoms with Crippen LogP contribution < -0.4 is 5.32 Å². The number of rotatable bonds is 1. The van der Waals surface area contributed by atoms with Gasteiger partial charge in [-0.25, -0.2) is 9.37 Å². The minimum atomic E-state index is -0.253. The number of aromatic amines is 1. The van der Waals surface area contributed by atoms with E-state index in [1.165, 1.54) is 6.07 Å². The van der Waals surface area contributed by atoms with E-state index in [2.05, 4.69) is 15.3 Å². The van der Waals surface area contributed by atoms with E-state index in [-0.39, 0.29) is 5.82 Å². The number of nitrogens with one attached hydrogen (secondary N) is 2. The van der Waals surface area contributed by atoms with Crippen LogP contribution in [-0.4, -0.2) is 17.0 Å². The summed E-state index contributed by atoms with van der Waals surface area (Å²) in [5, 5.41) is 2.82. The molecule has 1 aromatic carbocycles. The molecular weight excluding hydrogens is 193 g/mol. The van der Waals surface area contributed by atoms with Gasteiger partial charge in [0.2, 0.25) is 0 Å². The van der Waals surface area contributed by atoms with Crippen LogP contribution in [0.15, 0.2) is 12.4 Å². The van der Waals surface area contributed by atoms with Crippen LogP contribution in [0.25, 0.3) is 11.0 Å². The fourth-order valence-electron chi connectivity index (χ4n) is 1.52. The summed E-state index contributed by atoms with van der Waals surface area (Å²) in [6.45, 7) is 5.85. The van der Waals surface area contributed by atoms with E-state index in [1.807, 2.05) is 20.8 Å². The number of benzene rings is 1. The van der Waals surface area contributed by atoms with Crippen molar-refractivity contribution in [1.82, 2.24) is 9.97 Å². The van der Waals surface area contributed by atoms with E-state index in [0.29, 0.717) is 5.69 Å². The van der Waals surface area contributed by atoms with Gasteiger partial charge >= 0.3 is 0 Å². The van der Waals surface area contributed by atoms with Gasteiger partial charge in [0, 0.05) is 18.7 Å². The van der Waals surface area contributed by atoms with E-state index < -0.39 is 0 Å². The molecule has 2 rings (SSSR count). The standard InChI is InChI=1S/C9H10FN3.C2H6/c1-5-8(11-2)6(10)3-7-9(5)13-4-12-7;1-2/h3-4,11H,1-2H3,(H,12,13);1-2H3. The Morgan fingerprint density at radius 1 is 1.40 bits per heavy atom. The second-order valence-electron chi connectivity index (χ2n) is 2.91. The predicted octanol–water partition coefficient (Wildman–Crippen LogP) is 3.08. The number of aryl methyl sites for hydroxylation is 1. The van der Waals surface area contributed by atoms with Crippen molar-refractivity contribution in [2.75, 3.05) is 12.4 Å². The minimum absolute atomic E-state index is 0.253. The molecule has 2 aromatic rings. The highest BCUT2D eigenvalue weighted by atomic mass is 19.1. The molecule has 3 nitrogen and oxygen atoms in total. The SMILES string of the molecule is CC.CNc1c(F)cc2[nH]cnc2c1C. The maximum absolute atomic E-state index is 13.3. The molecule has 1 heterocycles. The number of anilines is 1. The molecule has 4 heteroatoms. The number of imidazole rings is 1. The summed E-state index contributed by atoms with van der Waals surface area (Å²) >= 11 is 0. The molecule has 15 heavy (non-hydrogen) atoms. The molecule has 0 aliphatic rings. The second-order valence-corrected chi connectivity index (χ2v) is 2.91. The molecule has 0 radical (unpaired) electrons.